The summed E-state index contributed by atoms with van der Waals surface area (Å²) >= 11 is 5.89. The highest BCUT2D eigenvalue weighted by Crippen LogP contribution is 2.42. The van der Waals surface area contributed by atoms with Gasteiger partial charge in [0.15, 0.2) is 5.11 Å². The zero-order valence-electron chi connectivity index (χ0n) is 19.6. The zero-order valence-corrected chi connectivity index (χ0v) is 20.4. The van der Waals surface area contributed by atoms with Crippen LogP contribution in [0.1, 0.15) is 56.6 Å². The average molecular weight is 465 g/mol. The van der Waals surface area contributed by atoms with Crippen molar-refractivity contribution in [2.45, 2.75) is 63.1 Å². The molecule has 6 rings (SSSR count). The predicted octanol–water partition coefficient (Wildman–Crippen LogP) is 4.98. The second-order valence-corrected chi connectivity index (χ2v) is 10.4. The van der Waals surface area contributed by atoms with Gasteiger partial charge in [0, 0.05) is 30.2 Å². The smallest absolute Gasteiger partial charge is 0.167 e. The summed E-state index contributed by atoms with van der Waals surface area (Å²) in [5, 5.41) is 9.34. The van der Waals surface area contributed by atoms with Crippen LogP contribution >= 0.6 is 12.2 Å². The van der Waals surface area contributed by atoms with Crippen LogP contribution in [0.5, 0.6) is 5.75 Å². The maximum atomic E-state index is 5.89. The zero-order chi connectivity index (χ0) is 22.8. The van der Waals surface area contributed by atoms with Gasteiger partial charge in [-0.1, -0.05) is 25.3 Å². The molecule has 2 aromatic rings. The number of piperidine rings is 3. The molecule has 0 amide bonds. The molecule has 4 aliphatic rings. The quantitative estimate of drug-likeness (QED) is 0.465. The van der Waals surface area contributed by atoms with E-state index in [-0.39, 0.29) is 6.04 Å². The monoisotopic (exact) mass is 464 g/mol. The minimum Gasteiger partial charge on any atom is -0.497 e. The number of thiocarbonyl (C=S) groups is 1. The van der Waals surface area contributed by atoms with E-state index in [9.17, 15) is 0 Å². The lowest BCUT2D eigenvalue weighted by Gasteiger charge is -2.52. The molecule has 3 unspecified atom stereocenters. The Kier molecular flexibility index (Phi) is 6.84. The fraction of sp³-hybridized carbons (Fsp3) is 0.556. The molecule has 6 heteroatoms. The molecule has 33 heavy (non-hydrogen) atoms. The van der Waals surface area contributed by atoms with Crippen molar-refractivity contribution in [1.82, 2.24) is 20.5 Å². The molecule has 0 spiro atoms. The summed E-state index contributed by atoms with van der Waals surface area (Å²) in [7, 11) is 1.72. The van der Waals surface area contributed by atoms with Crippen molar-refractivity contribution in [2.75, 3.05) is 20.2 Å². The Morgan fingerprint density at radius 1 is 1.24 bits per heavy atom. The Hall–Kier alpha value is -2.18. The van der Waals surface area contributed by atoms with E-state index < -0.39 is 0 Å². The van der Waals surface area contributed by atoms with Crippen LogP contribution in [0.4, 0.5) is 0 Å². The van der Waals surface area contributed by atoms with Gasteiger partial charge >= 0.3 is 0 Å². The third-order valence-electron chi connectivity index (χ3n) is 8.08. The van der Waals surface area contributed by atoms with Gasteiger partial charge in [-0.25, -0.2) is 0 Å². The van der Waals surface area contributed by atoms with Gasteiger partial charge in [0.2, 0.25) is 0 Å². The highest BCUT2D eigenvalue weighted by molar-refractivity contribution is 7.80. The first-order valence-corrected chi connectivity index (χ1v) is 12.9. The lowest BCUT2D eigenvalue weighted by molar-refractivity contribution is 0.00426. The fourth-order valence-corrected chi connectivity index (χ4v) is 6.56. The Balaban J connectivity index is 1.47. The summed E-state index contributed by atoms with van der Waals surface area (Å²) in [5.41, 5.74) is 2.24. The lowest BCUT2D eigenvalue weighted by atomic mass is 9.73. The van der Waals surface area contributed by atoms with E-state index >= 15 is 0 Å². The van der Waals surface area contributed by atoms with Gasteiger partial charge in [0.05, 0.1) is 18.7 Å². The maximum Gasteiger partial charge on any atom is 0.167 e. The number of nitrogens with one attached hydrogen (secondary N) is 2. The Labute approximate surface area is 203 Å². The average Bonchev–Trinajstić information content (AvgIpc) is 2.87. The number of methoxy groups -OCH3 is 1. The van der Waals surface area contributed by atoms with E-state index in [1.165, 1.54) is 44.1 Å². The molecule has 1 aromatic heterocycles. The van der Waals surface area contributed by atoms with E-state index in [2.05, 4.69) is 45.3 Å². The molecule has 5 atom stereocenters. The van der Waals surface area contributed by atoms with Crippen LogP contribution in [0.15, 0.2) is 43.1 Å². The molecule has 3 saturated heterocycles. The van der Waals surface area contributed by atoms with Gasteiger partial charge < -0.3 is 15.4 Å². The normalized spacial score (nSPS) is 28.3. The van der Waals surface area contributed by atoms with Crippen LogP contribution in [0, 0.1) is 11.8 Å². The van der Waals surface area contributed by atoms with Crippen molar-refractivity contribution in [3.63, 3.8) is 0 Å². The van der Waals surface area contributed by atoms with Gasteiger partial charge in [-0.3, -0.25) is 9.88 Å². The minimum atomic E-state index is 0.0970. The molecule has 2 bridgehead atoms. The van der Waals surface area contributed by atoms with Crippen LogP contribution in [0.2, 0.25) is 0 Å². The summed E-state index contributed by atoms with van der Waals surface area (Å²) < 4.78 is 5.55. The summed E-state index contributed by atoms with van der Waals surface area (Å²) in [6.45, 7) is 6.34. The largest absolute Gasteiger partial charge is 0.497 e. The van der Waals surface area contributed by atoms with Crippen molar-refractivity contribution in [3.05, 3.63) is 48.7 Å². The second-order valence-electron chi connectivity index (χ2n) is 9.96. The molecule has 2 N–H and O–H groups in total. The highest BCUT2D eigenvalue weighted by Gasteiger charge is 2.43. The molecule has 4 fully saturated rings. The maximum absolute atomic E-state index is 5.89. The number of benzene rings is 1. The Morgan fingerprint density at radius 2 is 2.09 bits per heavy atom. The van der Waals surface area contributed by atoms with E-state index in [0.717, 1.165) is 41.3 Å². The summed E-state index contributed by atoms with van der Waals surface area (Å²) in [6, 6.07) is 9.29. The van der Waals surface area contributed by atoms with Crippen LogP contribution in [0.25, 0.3) is 10.9 Å². The molecule has 5 nitrogen and oxygen atoms in total. The topological polar surface area (TPSA) is 49.4 Å². The van der Waals surface area contributed by atoms with Crippen molar-refractivity contribution < 1.29 is 4.74 Å². The summed E-state index contributed by atoms with van der Waals surface area (Å²) in [4.78, 5) is 7.28. The Bertz CT molecular complexity index is 1000. The van der Waals surface area contributed by atoms with Gasteiger partial charge in [-0.05, 0) is 86.1 Å². The van der Waals surface area contributed by atoms with Crippen LogP contribution < -0.4 is 15.4 Å². The SMILES string of the molecule is C=CC1CN2CCC1C[C@H]2[C@@H](NC(=S)NC1CCCCC1)c1ccnc2ccc(OC)cc12. The summed E-state index contributed by atoms with van der Waals surface area (Å²) in [6.07, 6.45) is 12.9. The third-order valence-corrected chi connectivity index (χ3v) is 8.32. The van der Waals surface area contributed by atoms with E-state index in [1.54, 1.807) is 7.11 Å². The first-order chi connectivity index (χ1) is 16.2. The van der Waals surface area contributed by atoms with Crippen LogP contribution in [-0.4, -0.2) is 47.3 Å². The second kappa shape index (κ2) is 9.98. The fourth-order valence-electron chi connectivity index (χ4n) is 6.27. The number of aromatic nitrogens is 1. The summed E-state index contributed by atoms with van der Waals surface area (Å²) in [5.74, 6) is 2.15. The number of nitrogens with zero attached hydrogens (tertiary/aromatic N) is 2. The number of hydrogen-bond acceptors (Lipinski definition) is 4. The molecule has 1 aliphatic carbocycles. The molecule has 176 valence electrons. The highest BCUT2D eigenvalue weighted by atomic mass is 32.1. The standard InChI is InChI=1S/C27H36N4OS/c1-3-18-17-31-14-12-19(18)15-25(31)26(30-27(33)29-20-7-5-4-6-8-20)22-11-13-28-24-10-9-21(32-2)16-23(22)24/h3,9-11,13,16,18-20,25-26H,1,4-8,12,14-15,17H2,2H3,(H2,29,30,33)/t18?,19?,25-,26-/m0/s1. The minimum absolute atomic E-state index is 0.0970. The number of ether oxygens (including phenoxy) is 1. The van der Waals surface area contributed by atoms with Crippen molar-refractivity contribution >= 4 is 28.2 Å². The number of pyridine rings is 1. The van der Waals surface area contributed by atoms with Gasteiger partial charge in [0.1, 0.15) is 5.75 Å². The first-order valence-electron chi connectivity index (χ1n) is 12.5. The molecule has 3 aliphatic heterocycles. The number of hydrogen-bond donors (Lipinski definition) is 2. The van der Waals surface area contributed by atoms with E-state index in [4.69, 9.17) is 17.0 Å². The predicted molar refractivity (Wildman–Crippen MR) is 139 cm³/mol. The van der Waals surface area contributed by atoms with Gasteiger partial charge in [0.25, 0.3) is 0 Å². The first kappa shape index (κ1) is 22.6. The van der Waals surface area contributed by atoms with E-state index in [0.29, 0.717) is 23.9 Å². The molecule has 1 aromatic carbocycles. The van der Waals surface area contributed by atoms with Gasteiger partial charge in [-0.2, -0.15) is 0 Å². The molecular weight excluding hydrogens is 428 g/mol. The Morgan fingerprint density at radius 3 is 2.82 bits per heavy atom. The van der Waals surface area contributed by atoms with Crippen molar-refractivity contribution in [1.29, 1.82) is 0 Å². The number of fused-ring (bicyclic) bond motifs is 4. The lowest BCUT2D eigenvalue weighted by Crippen LogP contribution is -2.58. The van der Waals surface area contributed by atoms with Crippen molar-refractivity contribution in [2.24, 2.45) is 11.8 Å². The molecule has 0 radical (unpaired) electrons. The molecule has 4 heterocycles. The van der Waals surface area contributed by atoms with Gasteiger partial charge in [-0.15, -0.1) is 6.58 Å². The van der Waals surface area contributed by atoms with Crippen LogP contribution in [-0.2, 0) is 0 Å². The van der Waals surface area contributed by atoms with Crippen molar-refractivity contribution in [3.8, 4) is 5.75 Å². The molecular formula is C27H36N4OS. The van der Waals surface area contributed by atoms with E-state index in [1.807, 2.05) is 18.3 Å². The third kappa shape index (κ3) is 4.73. The number of rotatable bonds is 6. The van der Waals surface area contributed by atoms with Crippen LogP contribution in [0.3, 0.4) is 0 Å². The molecule has 1 saturated carbocycles.